The summed E-state index contributed by atoms with van der Waals surface area (Å²) in [6.07, 6.45) is 0.851. The Morgan fingerprint density at radius 3 is 2.62 bits per heavy atom. The van der Waals surface area contributed by atoms with Crippen molar-refractivity contribution in [3.05, 3.63) is 40.8 Å². The molecule has 0 radical (unpaired) electrons. The molecule has 0 fully saturated rings. The van der Waals surface area contributed by atoms with Crippen LogP contribution in [0.2, 0.25) is 5.02 Å². The molecule has 0 atom stereocenters. The van der Waals surface area contributed by atoms with Gasteiger partial charge >= 0.3 is 0 Å². The lowest BCUT2D eigenvalue weighted by atomic mass is 10.1. The molecule has 0 bridgehead atoms. The Morgan fingerprint density at radius 1 is 1.24 bits per heavy atom. The Labute approximate surface area is 129 Å². The molecule has 1 aromatic carbocycles. The zero-order valence-corrected chi connectivity index (χ0v) is 13.2. The van der Waals surface area contributed by atoms with Crippen LogP contribution in [0.25, 0.3) is 11.4 Å². The third-order valence-corrected chi connectivity index (χ3v) is 3.24. The molecule has 21 heavy (non-hydrogen) atoms. The molecule has 1 aromatic heterocycles. The van der Waals surface area contributed by atoms with Gasteiger partial charge in [0.1, 0.15) is 11.6 Å². The molecule has 0 aliphatic rings. The van der Waals surface area contributed by atoms with Crippen LogP contribution in [-0.2, 0) is 6.42 Å². The van der Waals surface area contributed by atoms with E-state index in [9.17, 15) is 4.39 Å². The summed E-state index contributed by atoms with van der Waals surface area (Å²) in [4.78, 5) is 8.98. The summed E-state index contributed by atoms with van der Waals surface area (Å²) in [6, 6.07) is 6.57. The molecule has 0 unspecified atom stereocenters. The second-order valence-electron chi connectivity index (χ2n) is 5.33. The van der Waals surface area contributed by atoms with E-state index in [1.54, 1.807) is 6.07 Å². The van der Waals surface area contributed by atoms with Gasteiger partial charge in [0, 0.05) is 23.9 Å². The van der Waals surface area contributed by atoms with E-state index in [1.807, 2.05) is 13.0 Å². The number of halogens is 2. The van der Waals surface area contributed by atoms with Crippen LogP contribution in [-0.4, -0.2) is 16.5 Å². The van der Waals surface area contributed by atoms with Crippen molar-refractivity contribution < 1.29 is 4.39 Å². The lowest BCUT2D eigenvalue weighted by Crippen LogP contribution is -2.06. The number of aromatic nitrogens is 2. The van der Waals surface area contributed by atoms with Crippen LogP contribution < -0.4 is 5.32 Å². The highest BCUT2D eigenvalue weighted by Gasteiger charge is 2.10. The second-order valence-corrected chi connectivity index (χ2v) is 5.73. The average molecular weight is 308 g/mol. The predicted molar refractivity (Wildman–Crippen MR) is 85.1 cm³/mol. The van der Waals surface area contributed by atoms with Crippen LogP contribution in [0, 0.1) is 11.7 Å². The highest BCUT2D eigenvalue weighted by Crippen LogP contribution is 2.23. The van der Waals surface area contributed by atoms with E-state index in [-0.39, 0.29) is 5.02 Å². The Kier molecular flexibility index (Phi) is 5.12. The first kappa shape index (κ1) is 15.7. The van der Waals surface area contributed by atoms with Gasteiger partial charge in [-0.3, -0.25) is 0 Å². The normalized spacial score (nSPS) is 11.0. The molecule has 0 aliphatic carbocycles. The molecule has 0 amide bonds. The van der Waals surface area contributed by atoms with Crippen molar-refractivity contribution in [2.24, 2.45) is 5.92 Å². The van der Waals surface area contributed by atoms with Crippen molar-refractivity contribution in [1.29, 1.82) is 0 Å². The molecule has 5 heteroatoms. The SMILES string of the molecule is CCNc1cc(CC(C)C)nc(-c2ccc(Cl)c(F)c2)n1. The van der Waals surface area contributed by atoms with E-state index in [4.69, 9.17) is 11.6 Å². The van der Waals surface area contributed by atoms with Gasteiger partial charge in [-0.2, -0.15) is 0 Å². The quantitative estimate of drug-likeness (QED) is 0.879. The van der Waals surface area contributed by atoms with Gasteiger partial charge in [0.2, 0.25) is 0 Å². The summed E-state index contributed by atoms with van der Waals surface area (Å²) in [5.41, 5.74) is 1.57. The summed E-state index contributed by atoms with van der Waals surface area (Å²) in [6.45, 7) is 7.05. The van der Waals surface area contributed by atoms with E-state index < -0.39 is 5.82 Å². The smallest absolute Gasteiger partial charge is 0.161 e. The molecule has 1 heterocycles. The first-order chi connectivity index (χ1) is 9.99. The Hall–Kier alpha value is -1.68. The van der Waals surface area contributed by atoms with Crippen molar-refractivity contribution >= 4 is 17.4 Å². The van der Waals surface area contributed by atoms with Crippen LogP contribution >= 0.6 is 11.6 Å². The van der Waals surface area contributed by atoms with Gasteiger partial charge in [0.15, 0.2) is 5.82 Å². The fourth-order valence-corrected chi connectivity index (χ4v) is 2.17. The molecule has 1 N–H and O–H groups in total. The molecule has 0 saturated carbocycles. The number of anilines is 1. The van der Waals surface area contributed by atoms with Crippen molar-refractivity contribution in [2.75, 3.05) is 11.9 Å². The van der Waals surface area contributed by atoms with Gasteiger partial charge in [0.25, 0.3) is 0 Å². The standard InChI is InChI=1S/C16H19ClFN3/c1-4-19-15-9-12(7-10(2)3)20-16(21-15)11-5-6-13(17)14(18)8-11/h5-6,8-10H,4,7H2,1-3H3,(H,19,20,21). The lowest BCUT2D eigenvalue weighted by Gasteiger charge is -2.11. The van der Waals surface area contributed by atoms with E-state index in [0.29, 0.717) is 17.3 Å². The largest absolute Gasteiger partial charge is 0.370 e. The minimum Gasteiger partial charge on any atom is -0.370 e. The zero-order chi connectivity index (χ0) is 15.4. The second kappa shape index (κ2) is 6.85. The fraction of sp³-hybridized carbons (Fsp3) is 0.375. The molecule has 0 aliphatic heterocycles. The number of rotatable bonds is 5. The minimum atomic E-state index is -0.461. The third-order valence-electron chi connectivity index (χ3n) is 2.93. The highest BCUT2D eigenvalue weighted by atomic mass is 35.5. The van der Waals surface area contributed by atoms with Crippen LogP contribution in [0.15, 0.2) is 24.3 Å². The summed E-state index contributed by atoms with van der Waals surface area (Å²) in [5, 5.41) is 3.29. The van der Waals surface area contributed by atoms with Crippen molar-refractivity contribution in [3.63, 3.8) is 0 Å². The maximum atomic E-state index is 13.6. The van der Waals surface area contributed by atoms with E-state index in [2.05, 4.69) is 29.1 Å². The molecule has 0 saturated heterocycles. The molecule has 2 rings (SSSR count). The fourth-order valence-electron chi connectivity index (χ4n) is 2.06. The van der Waals surface area contributed by atoms with Gasteiger partial charge in [-0.25, -0.2) is 14.4 Å². The van der Waals surface area contributed by atoms with Gasteiger partial charge < -0.3 is 5.32 Å². The summed E-state index contributed by atoms with van der Waals surface area (Å²) < 4.78 is 13.6. The molecular formula is C16H19ClFN3. The summed E-state index contributed by atoms with van der Waals surface area (Å²) >= 11 is 5.72. The summed E-state index contributed by atoms with van der Waals surface area (Å²) in [5.74, 6) is 1.30. The van der Waals surface area contributed by atoms with Gasteiger partial charge in [-0.05, 0) is 37.5 Å². The topological polar surface area (TPSA) is 37.8 Å². The van der Waals surface area contributed by atoms with Crippen LogP contribution in [0.4, 0.5) is 10.2 Å². The maximum Gasteiger partial charge on any atom is 0.161 e. The van der Waals surface area contributed by atoms with E-state index in [1.165, 1.54) is 12.1 Å². The summed E-state index contributed by atoms with van der Waals surface area (Å²) in [7, 11) is 0. The zero-order valence-electron chi connectivity index (χ0n) is 12.5. The van der Waals surface area contributed by atoms with Crippen LogP contribution in [0.1, 0.15) is 26.5 Å². The Bertz CT molecular complexity index is 629. The number of nitrogens with one attached hydrogen (secondary N) is 1. The van der Waals surface area contributed by atoms with Gasteiger partial charge in [-0.15, -0.1) is 0 Å². The van der Waals surface area contributed by atoms with Gasteiger partial charge in [-0.1, -0.05) is 25.4 Å². The lowest BCUT2D eigenvalue weighted by molar-refractivity contribution is 0.627. The predicted octanol–water partition coefficient (Wildman–Crippen LogP) is 4.57. The Morgan fingerprint density at radius 2 is 2.00 bits per heavy atom. The van der Waals surface area contributed by atoms with Crippen LogP contribution in [0.3, 0.4) is 0 Å². The molecular weight excluding hydrogens is 289 g/mol. The molecule has 3 nitrogen and oxygen atoms in total. The average Bonchev–Trinajstić information content (AvgIpc) is 2.41. The van der Waals surface area contributed by atoms with E-state index in [0.717, 1.165) is 24.5 Å². The molecule has 0 spiro atoms. The van der Waals surface area contributed by atoms with E-state index >= 15 is 0 Å². The maximum absolute atomic E-state index is 13.6. The molecule has 112 valence electrons. The van der Waals surface area contributed by atoms with Crippen molar-refractivity contribution in [2.45, 2.75) is 27.2 Å². The first-order valence-corrected chi connectivity index (χ1v) is 7.44. The number of hydrogen-bond donors (Lipinski definition) is 1. The highest BCUT2D eigenvalue weighted by molar-refractivity contribution is 6.30. The monoisotopic (exact) mass is 307 g/mol. The third kappa shape index (κ3) is 4.14. The Balaban J connectivity index is 2.45. The number of nitrogens with zero attached hydrogens (tertiary/aromatic N) is 2. The van der Waals surface area contributed by atoms with Crippen molar-refractivity contribution in [1.82, 2.24) is 9.97 Å². The minimum absolute atomic E-state index is 0.101. The first-order valence-electron chi connectivity index (χ1n) is 7.06. The number of benzene rings is 1. The van der Waals surface area contributed by atoms with Crippen molar-refractivity contribution in [3.8, 4) is 11.4 Å². The molecule has 2 aromatic rings. The van der Waals surface area contributed by atoms with Crippen LogP contribution in [0.5, 0.6) is 0 Å². The van der Waals surface area contributed by atoms with Gasteiger partial charge in [0.05, 0.1) is 5.02 Å². The number of hydrogen-bond acceptors (Lipinski definition) is 3.